The van der Waals surface area contributed by atoms with Gasteiger partial charge in [-0.15, -0.1) is 0 Å². The standard InChI is InChI=1S/C31H38ClN3O4S/c1-6-24(5)33-31(37)29(7-2)34(20-25-11-9-8-10-12-25)30(36)21-35(26-16-15-23(4)28(32)19-26)40(38,39)27-17-13-22(3)14-18-27/h8-19,24,29H,6-7,20-21H2,1-5H3,(H,33,37)/t24-,29-/m1/s1. The third-order valence-electron chi connectivity index (χ3n) is 6.91. The second-order valence-corrected chi connectivity index (χ2v) is 12.3. The fourth-order valence-corrected chi connectivity index (χ4v) is 5.82. The molecule has 2 atom stereocenters. The van der Waals surface area contributed by atoms with Crippen molar-refractivity contribution in [2.24, 2.45) is 0 Å². The lowest BCUT2D eigenvalue weighted by atomic mass is 10.1. The van der Waals surface area contributed by atoms with Gasteiger partial charge >= 0.3 is 0 Å². The Bertz CT molecular complexity index is 1410. The molecule has 0 aliphatic rings. The number of nitrogens with zero attached hydrogens (tertiary/aromatic N) is 2. The van der Waals surface area contributed by atoms with Gasteiger partial charge in [0.2, 0.25) is 11.8 Å². The molecule has 2 amide bonds. The van der Waals surface area contributed by atoms with E-state index in [0.717, 1.165) is 27.4 Å². The molecule has 0 radical (unpaired) electrons. The molecule has 7 nitrogen and oxygen atoms in total. The number of aryl methyl sites for hydroxylation is 2. The third-order valence-corrected chi connectivity index (χ3v) is 9.11. The number of rotatable bonds is 12. The zero-order valence-electron chi connectivity index (χ0n) is 23.7. The first-order chi connectivity index (χ1) is 19.0. The molecule has 0 unspecified atom stereocenters. The van der Waals surface area contributed by atoms with Gasteiger partial charge < -0.3 is 10.2 Å². The van der Waals surface area contributed by atoms with E-state index in [1.807, 2.05) is 65.0 Å². The van der Waals surface area contributed by atoms with E-state index in [2.05, 4.69) is 5.32 Å². The van der Waals surface area contributed by atoms with Gasteiger partial charge in [-0.05, 0) is 69.0 Å². The molecule has 0 aromatic heterocycles. The Morgan fingerprint density at radius 3 is 2.15 bits per heavy atom. The van der Waals surface area contributed by atoms with Crippen molar-refractivity contribution in [2.45, 2.75) is 71.0 Å². The number of carbonyl (C=O) groups excluding carboxylic acids is 2. The van der Waals surface area contributed by atoms with Crippen LogP contribution in [0.4, 0.5) is 5.69 Å². The van der Waals surface area contributed by atoms with Crippen molar-refractivity contribution < 1.29 is 18.0 Å². The molecule has 0 saturated carbocycles. The second kappa shape index (κ2) is 13.8. The van der Waals surface area contributed by atoms with Crippen molar-refractivity contribution in [3.05, 3.63) is 94.5 Å². The average molecular weight is 584 g/mol. The van der Waals surface area contributed by atoms with Crippen LogP contribution >= 0.6 is 11.6 Å². The minimum atomic E-state index is -4.15. The van der Waals surface area contributed by atoms with Gasteiger partial charge in [-0.2, -0.15) is 0 Å². The van der Waals surface area contributed by atoms with Crippen molar-refractivity contribution in [1.82, 2.24) is 10.2 Å². The van der Waals surface area contributed by atoms with Crippen LogP contribution in [-0.2, 0) is 26.2 Å². The van der Waals surface area contributed by atoms with E-state index in [4.69, 9.17) is 11.6 Å². The van der Waals surface area contributed by atoms with Gasteiger partial charge in [0.25, 0.3) is 10.0 Å². The van der Waals surface area contributed by atoms with Crippen LogP contribution in [0.2, 0.25) is 5.02 Å². The first-order valence-corrected chi connectivity index (χ1v) is 15.3. The van der Waals surface area contributed by atoms with Crippen LogP contribution in [0.3, 0.4) is 0 Å². The first-order valence-electron chi connectivity index (χ1n) is 13.5. The Morgan fingerprint density at radius 2 is 1.57 bits per heavy atom. The molecule has 0 aliphatic heterocycles. The number of amides is 2. The maximum atomic E-state index is 14.1. The maximum Gasteiger partial charge on any atom is 0.264 e. The molecule has 3 rings (SSSR count). The summed E-state index contributed by atoms with van der Waals surface area (Å²) in [6, 6.07) is 19.9. The summed E-state index contributed by atoms with van der Waals surface area (Å²) < 4.78 is 29.0. The molecule has 214 valence electrons. The van der Waals surface area contributed by atoms with E-state index in [1.165, 1.54) is 17.0 Å². The number of benzene rings is 3. The van der Waals surface area contributed by atoms with Gasteiger partial charge in [0.05, 0.1) is 10.6 Å². The molecule has 9 heteroatoms. The lowest BCUT2D eigenvalue weighted by Gasteiger charge is -2.33. The molecule has 0 fully saturated rings. The number of sulfonamides is 1. The fraction of sp³-hybridized carbons (Fsp3) is 0.355. The van der Waals surface area contributed by atoms with Crippen molar-refractivity contribution in [2.75, 3.05) is 10.8 Å². The van der Waals surface area contributed by atoms with Crippen LogP contribution in [0.5, 0.6) is 0 Å². The summed E-state index contributed by atoms with van der Waals surface area (Å²) in [7, 11) is -4.15. The van der Waals surface area contributed by atoms with E-state index in [-0.39, 0.29) is 29.1 Å². The SMILES string of the molecule is CC[C@@H](C)NC(=O)[C@@H](CC)N(Cc1ccccc1)C(=O)CN(c1ccc(C)c(Cl)c1)S(=O)(=O)c1ccc(C)cc1. The van der Waals surface area contributed by atoms with E-state index in [0.29, 0.717) is 11.4 Å². The van der Waals surface area contributed by atoms with Gasteiger partial charge in [-0.3, -0.25) is 13.9 Å². The maximum absolute atomic E-state index is 14.1. The number of hydrogen-bond donors (Lipinski definition) is 1. The molecule has 0 spiro atoms. The molecular weight excluding hydrogens is 546 g/mol. The molecular formula is C31H38ClN3O4S. The largest absolute Gasteiger partial charge is 0.352 e. The van der Waals surface area contributed by atoms with Crippen molar-refractivity contribution >= 4 is 39.1 Å². The van der Waals surface area contributed by atoms with E-state index < -0.39 is 28.5 Å². The zero-order valence-corrected chi connectivity index (χ0v) is 25.3. The molecule has 3 aromatic carbocycles. The first kappa shape index (κ1) is 31.2. The molecule has 0 heterocycles. The topological polar surface area (TPSA) is 86.8 Å². The van der Waals surface area contributed by atoms with E-state index in [1.54, 1.807) is 30.3 Å². The quantitative estimate of drug-likeness (QED) is 0.289. The summed E-state index contributed by atoms with van der Waals surface area (Å²) in [5.74, 6) is -0.769. The summed E-state index contributed by atoms with van der Waals surface area (Å²) in [5.41, 5.74) is 2.79. The summed E-state index contributed by atoms with van der Waals surface area (Å²) in [4.78, 5) is 28.9. The van der Waals surface area contributed by atoms with Gasteiger partial charge in [0.15, 0.2) is 0 Å². The molecule has 0 saturated heterocycles. The summed E-state index contributed by atoms with van der Waals surface area (Å²) in [5, 5.41) is 3.36. The Morgan fingerprint density at radius 1 is 0.925 bits per heavy atom. The summed E-state index contributed by atoms with van der Waals surface area (Å²) in [6.45, 7) is 9.05. The Balaban J connectivity index is 2.07. The highest BCUT2D eigenvalue weighted by atomic mass is 35.5. The lowest BCUT2D eigenvalue weighted by molar-refractivity contribution is -0.140. The van der Waals surface area contributed by atoms with Crippen LogP contribution in [0.15, 0.2) is 77.7 Å². The smallest absolute Gasteiger partial charge is 0.264 e. The van der Waals surface area contributed by atoms with Crippen molar-refractivity contribution in [3.63, 3.8) is 0 Å². The normalized spacial score (nSPS) is 12.8. The van der Waals surface area contributed by atoms with Crippen LogP contribution < -0.4 is 9.62 Å². The molecule has 0 bridgehead atoms. The Hall–Kier alpha value is -3.36. The summed E-state index contributed by atoms with van der Waals surface area (Å²) in [6.07, 6.45) is 1.10. The number of anilines is 1. The summed E-state index contributed by atoms with van der Waals surface area (Å²) >= 11 is 6.39. The molecule has 3 aromatic rings. The monoisotopic (exact) mass is 583 g/mol. The second-order valence-electron chi connectivity index (χ2n) is 10.0. The van der Waals surface area contributed by atoms with Gasteiger partial charge in [0.1, 0.15) is 12.6 Å². The predicted octanol–water partition coefficient (Wildman–Crippen LogP) is 5.87. The Labute approximate surface area is 243 Å². The predicted molar refractivity (Wildman–Crippen MR) is 161 cm³/mol. The number of hydrogen-bond acceptors (Lipinski definition) is 4. The van der Waals surface area contributed by atoms with Crippen LogP contribution in [-0.4, -0.2) is 43.8 Å². The van der Waals surface area contributed by atoms with Crippen molar-refractivity contribution in [3.8, 4) is 0 Å². The van der Waals surface area contributed by atoms with Gasteiger partial charge in [-0.25, -0.2) is 8.42 Å². The minimum Gasteiger partial charge on any atom is -0.352 e. The van der Waals surface area contributed by atoms with E-state index in [9.17, 15) is 18.0 Å². The lowest BCUT2D eigenvalue weighted by Crippen LogP contribution is -2.53. The zero-order chi connectivity index (χ0) is 29.4. The van der Waals surface area contributed by atoms with Crippen LogP contribution in [0, 0.1) is 13.8 Å². The highest BCUT2D eigenvalue weighted by molar-refractivity contribution is 7.92. The molecule has 1 N–H and O–H groups in total. The van der Waals surface area contributed by atoms with Gasteiger partial charge in [-0.1, -0.05) is 79.5 Å². The van der Waals surface area contributed by atoms with Crippen LogP contribution in [0.1, 0.15) is 50.3 Å². The highest BCUT2D eigenvalue weighted by Crippen LogP contribution is 2.29. The number of carbonyl (C=O) groups is 2. The van der Waals surface area contributed by atoms with E-state index >= 15 is 0 Å². The number of halogens is 1. The minimum absolute atomic E-state index is 0.0544. The molecule has 0 aliphatic carbocycles. The Kier molecular flexibility index (Phi) is 10.8. The third kappa shape index (κ3) is 7.64. The number of nitrogens with one attached hydrogen (secondary N) is 1. The van der Waals surface area contributed by atoms with Gasteiger partial charge in [0, 0.05) is 17.6 Å². The fourth-order valence-electron chi connectivity index (χ4n) is 4.24. The average Bonchev–Trinajstić information content (AvgIpc) is 2.93. The molecule has 40 heavy (non-hydrogen) atoms. The van der Waals surface area contributed by atoms with Crippen LogP contribution in [0.25, 0.3) is 0 Å². The highest BCUT2D eigenvalue weighted by Gasteiger charge is 2.34. The van der Waals surface area contributed by atoms with Crippen molar-refractivity contribution in [1.29, 1.82) is 0 Å².